The van der Waals surface area contributed by atoms with Gasteiger partial charge < -0.3 is 20.3 Å². The third-order valence-electron chi connectivity index (χ3n) is 5.36. The van der Waals surface area contributed by atoms with Gasteiger partial charge in [0.2, 0.25) is 5.88 Å². The number of carbonyl (C=O) groups excluding carboxylic acids is 2. The van der Waals surface area contributed by atoms with Crippen molar-refractivity contribution < 1.29 is 14.3 Å². The fourth-order valence-electron chi connectivity index (χ4n) is 3.64. The van der Waals surface area contributed by atoms with E-state index < -0.39 is 0 Å². The van der Waals surface area contributed by atoms with Crippen molar-refractivity contribution in [3.8, 4) is 5.88 Å². The number of hydrogen-bond donors (Lipinski definition) is 2. The molecule has 2 aromatic rings. The minimum atomic E-state index is -0.134. The van der Waals surface area contributed by atoms with E-state index in [1.165, 1.54) is 12.7 Å². The smallest absolute Gasteiger partial charge is 0.314 e. The topological polar surface area (TPSA) is 91.7 Å². The van der Waals surface area contributed by atoms with Crippen molar-refractivity contribution >= 4 is 11.9 Å². The van der Waals surface area contributed by atoms with Gasteiger partial charge in [-0.2, -0.15) is 0 Å². The molecule has 1 aromatic carbocycles. The van der Waals surface area contributed by atoms with E-state index in [0.29, 0.717) is 37.6 Å². The van der Waals surface area contributed by atoms with Crippen molar-refractivity contribution in [1.82, 2.24) is 30.2 Å². The summed E-state index contributed by atoms with van der Waals surface area (Å²) in [6.45, 7) is 4.82. The molecule has 0 radical (unpaired) electrons. The minimum absolute atomic E-state index is 0.0578. The minimum Gasteiger partial charge on any atom is -0.479 e. The number of amides is 3. The first-order valence-electron chi connectivity index (χ1n) is 10.7. The van der Waals surface area contributed by atoms with Crippen LogP contribution in [-0.2, 0) is 13.5 Å². The Morgan fingerprint density at radius 1 is 1.06 bits per heavy atom. The van der Waals surface area contributed by atoms with Gasteiger partial charge >= 0.3 is 6.03 Å². The van der Waals surface area contributed by atoms with Crippen molar-refractivity contribution in [3.63, 3.8) is 0 Å². The third-order valence-corrected chi connectivity index (χ3v) is 5.36. The Hall–Kier alpha value is -3.07. The van der Waals surface area contributed by atoms with Crippen LogP contribution in [0.15, 0.2) is 36.5 Å². The molecule has 0 spiro atoms. The van der Waals surface area contributed by atoms with Crippen molar-refractivity contribution in [1.29, 1.82) is 0 Å². The Labute approximate surface area is 183 Å². The fourth-order valence-corrected chi connectivity index (χ4v) is 3.64. The van der Waals surface area contributed by atoms with Gasteiger partial charge in [-0.15, -0.1) is 5.10 Å². The van der Waals surface area contributed by atoms with E-state index in [1.807, 2.05) is 23.1 Å². The number of aromatic nitrogens is 2. The number of rotatable bonds is 9. The van der Waals surface area contributed by atoms with Crippen molar-refractivity contribution in [2.45, 2.75) is 12.8 Å². The zero-order valence-electron chi connectivity index (χ0n) is 18.3. The Morgan fingerprint density at radius 3 is 2.48 bits per heavy atom. The number of piperazine rings is 1. The molecule has 1 fully saturated rings. The number of nitrogens with one attached hydrogen (secondary N) is 2. The molecule has 0 bridgehead atoms. The van der Waals surface area contributed by atoms with Crippen LogP contribution in [0.1, 0.15) is 22.3 Å². The molecular formula is C22H32N6O3. The second-order valence-electron chi connectivity index (χ2n) is 7.63. The zero-order chi connectivity index (χ0) is 22.1. The maximum Gasteiger partial charge on any atom is 0.314 e. The van der Waals surface area contributed by atoms with Crippen LogP contribution in [0.2, 0.25) is 0 Å². The summed E-state index contributed by atoms with van der Waals surface area (Å²) in [7, 11) is 3.28. The SMILES string of the molecule is COc1nn(C)cc1C(=O)N1CCN(CCNC(=O)NCCCc2ccccc2)CC1. The lowest BCUT2D eigenvalue weighted by Gasteiger charge is -2.34. The first-order chi connectivity index (χ1) is 15.1. The van der Waals surface area contributed by atoms with E-state index in [0.717, 1.165) is 32.5 Å². The summed E-state index contributed by atoms with van der Waals surface area (Å²) < 4.78 is 6.78. The van der Waals surface area contributed by atoms with Crippen molar-refractivity contribution in [2.75, 3.05) is 52.9 Å². The number of urea groups is 1. The maximum atomic E-state index is 12.7. The number of benzene rings is 1. The van der Waals surface area contributed by atoms with Crippen LogP contribution >= 0.6 is 0 Å². The predicted octanol–water partition coefficient (Wildman–Crippen LogP) is 1.12. The van der Waals surface area contributed by atoms with Crippen LogP contribution < -0.4 is 15.4 Å². The number of ether oxygens (including phenoxy) is 1. The zero-order valence-corrected chi connectivity index (χ0v) is 18.3. The van der Waals surface area contributed by atoms with E-state index in [2.05, 4.69) is 32.8 Å². The van der Waals surface area contributed by atoms with E-state index in [1.54, 1.807) is 17.9 Å². The van der Waals surface area contributed by atoms with Crippen LogP contribution in [0.4, 0.5) is 4.79 Å². The summed E-state index contributed by atoms with van der Waals surface area (Å²) in [4.78, 5) is 28.7. The number of hydrogen-bond acceptors (Lipinski definition) is 5. The standard InChI is InChI=1S/C22H32N6O3/c1-26-17-19(20(25-26)31-2)21(29)28-15-13-27(14-16-28)12-11-24-22(30)23-10-6-9-18-7-4-3-5-8-18/h3-5,7-8,17H,6,9-16H2,1-2H3,(H2,23,24,30). The van der Waals surface area contributed by atoms with E-state index in [4.69, 9.17) is 4.74 Å². The third kappa shape index (κ3) is 6.71. The Balaban J connectivity index is 1.28. The highest BCUT2D eigenvalue weighted by Crippen LogP contribution is 2.18. The normalized spacial score (nSPS) is 14.3. The van der Waals surface area contributed by atoms with E-state index in [-0.39, 0.29) is 11.9 Å². The lowest BCUT2D eigenvalue weighted by molar-refractivity contribution is 0.0636. The van der Waals surface area contributed by atoms with Crippen LogP contribution in [-0.4, -0.2) is 84.4 Å². The fraction of sp³-hybridized carbons (Fsp3) is 0.500. The summed E-state index contributed by atoms with van der Waals surface area (Å²) in [6.07, 6.45) is 3.56. The molecule has 9 nitrogen and oxygen atoms in total. The first-order valence-corrected chi connectivity index (χ1v) is 10.7. The van der Waals surface area contributed by atoms with Crippen molar-refractivity contribution in [2.24, 2.45) is 7.05 Å². The number of methoxy groups -OCH3 is 1. The van der Waals surface area contributed by atoms with Gasteiger partial charge in [-0.1, -0.05) is 30.3 Å². The lowest BCUT2D eigenvalue weighted by atomic mass is 10.1. The second kappa shape index (κ2) is 11.4. The number of aryl methyl sites for hydroxylation is 2. The summed E-state index contributed by atoms with van der Waals surface area (Å²) in [5.41, 5.74) is 1.77. The second-order valence-corrected chi connectivity index (χ2v) is 7.63. The highest BCUT2D eigenvalue weighted by molar-refractivity contribution is 5.96. The Morgan fingerprint density at radius 2 is 1.77 bits per heavy atom. The molecule has 0 aliphatic carbocycles. The molecule has 1 aromatic heterocycles. The Kier molecular flexibility index (Phi) is 8.28. The average Bonchev–Trinajstić information content (AvgIpc) is 3.18. The molecule has 3 rings (SSSR count). The van der Waals surface area contributed by atoms with Gasteiger partial charge in [-0.05, 0) is 18.4 Å². The van der Waals surface area contributed by atoms with Gasteiger partial charge in [-0.3, -0.25) is 14.4 Å². The van der Waals surface area contributed by atoms with Gasteiger partial charge in [0.15, 0.2) is 0 Å². The number of carbonyl (C=O) groups is 2. The molecule has 3 amide bonds. The molecule has 168 valence electrons. The molecule has 9 heteroatoms. The average molecular weight is 429 g/mol. The van der Waals surface area contributed by atoms with Crippen LogP contribution in [0.5, 0.6) is 5.88 Å². The van der Waals surface area contributed by atoms with Crippen LogP contribution in [0, 0.1) is 0 Å². The van der Waals surface area contributed by atoms with Gasteiger partial charge in [-0.25, -0.2) is 4.79 Å². The quantitative estimate of drug-likeness (QED) is 0.584. The van der Waals surface area contributed by atoms with Gasteiger partial charge in [0.05, 0.1) is 7.11 Å². The number of nitrogens with zero attached hydrogens (tertiary/aromatic N) is 4. The molecule has 2 heterocycles. The summed E-state index contributed by atoms with van der Waals surface area (Å²) >= 11 is 0. The highest BCUT2D eigenvalue weighted by atomic mass is 16.5. The first kappa shape index (κ1) is 22.6. The van der Waals surface area contributed by atoms with Crippen LogP contribution in [0.3, 0.4) is 0 Å². The summed E-state index contributed by atoms with van der Waals surface area (Å²) in [5.74, 6) is 0.298. The molecule has 1 aliphatic heterocycles. The molecule has 1 saturated heterocycles. The summed E-state index contributed by atoms with van der Waals surface area (Å²) in [6, 6.07) is 10.1. The maximum absolute atomic E-state index is 12.7. The van der Waals surface area contributed by atoms with Gasteiger partial charge in [0.25, 0.3) is 5.91 Å². The predicted molar refractivity (Wildman–Crippen MR) is 118 cm³/mol. The summed E-state index contributed by atoms with van der Waals surface area (Å²) in [5, 5.41) is 9.96. The molecule has 31 heavy (non-hydrogen) atoms. The Bertz CT molecular complexity index is 846. The monoisotopic (exact) mass is 428 g/mol. The van der Waals surface area contributed by atoms with Gasteiger partial charge in [0.1, 0.15) is 5.56 Å². The molecule has 0 atom stereocenters. The molecule has 0 saturated carbocycles. The van der Waals surface area contributed by atoms with E-state index in [9.17, 15) is 9.59 Å². The largest absolute Gasteiger partial charge is 0.479 e. The molecular weight excluding hydrogens is 396 g/mol. The van der Waals surface area contributed by atoms with Crippen molar-refractivity contribution in [3.05, 3.63) is 47.7 Å². The lowest BCUT2D eigenvalue weighted by Crippen LogP contribution is -2.50. The van der Waals surface area contributed by atoms with E-state index >= 15 is 0 Å². The molecule has 1 aliphatic rings. The highest BCUT2D eigenvalue weighted by Gasteiger charge is 2.25. The molecule has 2 N–H and O–H groups in total. The molecule has 0 unspecified atom stereocenters. The van der Waals surface area contributed by atoms with Crippen LogP contribution in [0.25, 0.3) is 0 Å². The van der Waals surface area contributed by atoms with Gasteiger partial charge in [0, 0.05) is 59.1 Å².